The number of carbonyl (C=O) groups is 1. The van der Waals surface area contributed by atoms with E-state index in [1.54, 1.807) is 26.2 Å². The van der Waals surface area contributed by atoms with Crippen LogP contribution in [0.2, 0.25) is 0 Å². The van der Waals surface area contributed by atoms with Gasteiger partial charge in [-0.05, 0) is 65.8 Å². The molecule has 0 spiro atoms. The van der Waals surface area contributed by atoms with Gasteiger partial charge in [-0.1, -0.05) is 29.8 Å². The fourth-order valence-corrected chi connectivity index (χ4v) is 3.24. The molecular formula is C22H23IN2O3. The second-order valence-corrected chi connectivity index (χ2v) is 7.57. The smallest absolute Gasteiger partial charge is 0.264 e. The van der Waals surface area contributed by atoms with Gasteiger partial charge in [-0.2, -0.15) is 5.26 Å². The molecule has 0 unspecified atom stereocenters. The van der Waals surface area contributed by atoms with Gasteiger partial charge in [0.15, 0.2) is 11.5 Å². The van der Waals surface area contributed by atoms with Crippen molar-refractivity contribution >= 4 is 34.6 Å². The lowest BCUT2D eigenvalue weighted by atomic mass is 10.1. The first-order chi connectivity index (χ1) is 13.3. The van der Waals surface area contributed by atoms with Gasteiger partial charge in [0.05, 0.1) is 10.2 Å². The maximum atomic E-state index is 12.1. The van der Waals surface area contributed by atoms with E-state index in [4.69, 9.17) is 9.47 Å². The number of rotatable bonds is 7. The molecule has 0 aliphatic heterocycles. The van der Waals surface area contributed by atoms with Gasteiger partial charge in [-0.25, -0.2) is 0 Å². The maximum absolute atomic E-state index is 12.1. The average Bonchev–Trinajstić information content (AvgIpc) is 2.66. The van der Waals surface area contributed by atoms with E-state index in [1.165, 1.54) is 10.5 Å². The summed E-state index contributed by atoms with van der Waals surface area (Å²) >= 11 is 2.18. The van der Waals surface area contributed by atoms with E-state index >= 15 is 0 Å². The summed E-state index contributed by atoms with van der Waals surface area (Å²) < 4.78 is 12.6. The molecule has 0 N–H and O–H groups in total. The zero-order valence-corrected chi connectivity index (χ0v) is 18.6. The summed E-state index contributed by atoms with van der Waals surface area (Å²) in [6.45, 7) is 4.85. The van der Waals surface area contributed by atoms with Crippen LogP contribution < -0.4 is 9.47 Å². The Labute approximate surface area is 179 Å². The van der Waals surface area contributed by atoms with Crippen molar-refractivity contribution < 1.29 is 14.3 Å². The number of aryl methyl sites for hydroxylation is 1. The van der Waals surface area contributed by atoms with E-state index < -0.39 is 0 Å². The Hall–Kier alpha value is -2.53. The SMILES string of the molecule is CCOc1cc(/C=C(/C#N)C(=O)N(C)C)cc(I)c1OCc1ccc(C)cc1. The minimum atomic E-state index is -0.338. The molecule has 0 saturated carbocycles. The zero-order valence-electron chi connectivity index (χ0n) is 16.5. The highest BCUT2D eigenvalue weighted by atomic mass is 127. The minimum Gasteiger partial charge on any atom is -0.490 e. The van der Waals surface area contributed by atoms with Crippen LogP contribution in [0.4, 0.5) is 0 Å². The molecule has 146 valence electrons. The summed E-state index contributed by atoms with van der Waals surface area (Å²) in [6.07, 6.45) is 1.57. The quantitative estimate of drug-likeness (QED) is 0.324. The van der Waals surface area contributed by atoms with E-state index in [2.05, 4.69) is 22.6 Å². The van der Waals surface area contributed by atoms with Crippen LogP contribution in [0.3, 0.4) is 0 Å². The van der Waals surface area contributed by atoms with Gasteiger partial charge in [-0.15, -0.1) is 0 Å². The summed E-state index contributed by atoms with van der Waals surface area (Å²) in [7, 11) is 3.23. The lowest BCUT2D eigenvalue weighted by Crippen LogP contribution is -2.22. The third-order valence-corrected chi connectivity index (χ3v) is 4.70. The summed E-state index contributed by atoms with van der Waals surface area (Å²) in [6, 6.07) is 13.8. The third-order valence-electron chi connectivity index (χ3n) is 3.90. The number of nitrogens with zero attached hydrogens (tertiary/aromatic N) is 2. The van der Waals surface area contributed by atoms with Gasteiger partial charge in [0.25, 0.3) is 5.91 Å². The van der Waals surface area contributed by atoms with Crippen molar-refractivity contribution in [2.45, 2.75) is 20.5 Å². The second-order valence-electron chi connectivity index (χ2n) is 6.41. The molecule has 0 atom stereocenters. The number of benzene rings is 2. The minimum absolute atomic E-state index is 0.0663. The monoisotopic (exact) mass is 490 g/mol. The standard InChI is InChI=1S/C22H23IN2O3/c1-5-27-20-12-17(10-18(13-24)22(26)25(3)4)11-19(23)21(20)28-14-16-8-6-15(2)7-9-16/h6-12H,5,14H2,1-4H3/b18-10-. The Morgan fingerprint density at radius 3 is 2.46 bits per heavy atom. The van der Waals surface area contributed by atoms with Crippen LogP contribution >= 0.6 is 22.6 Å². The van der Waals surface area contributed by atoms with Crippen molar-refractivity contribution in [2.24, 2.45) is 0 Å². The van der Waals surface area contributed by atoms with E-state index in [-0.39, 0.29) is 11.5 Å². The molecule has 0 aliphatic carbocycles. The molecule has 0 aromatic heterocycles. The van der Waals surface area contributed by atoms with Gasteiger partial charge in [-0.3, -0.25) is 4.79 Å². The average molecular weight is 490 g/mol. The Kier molecular flexibility index (Phi) is 7.88. The highest BCUT2D eigenvalue weighted by Gasteiger charge is 2.15. The van der Waals surface area contributed by atoms with E-state index in [9.17, 15) is 10.1 Å². The first kappa shape index (κ1) is 21.8. The Bertz CT molecular complexity index is 913. The molecule has 2 rings (SSSR count). The molecule has 0 heterocycles. The number of amides is 1. The number of hydrogen-bond donors (Lipinski definition) is 0. The van der Waals surface area contributed by atoms with E-state index in [1.807, 2.05) is 50.2 Å². The lowest BCUT2D eigenvalue weighted by Gasteiger charge is -2.15. The number of carbonyl (C=O) groups excluding carboxylic acids is 1. The van der Waals surface area contributed by atoms with Crippen molar-refractivity contribution in [3.63, 3.8) is 0 Å². The van der Waals surface area contributed by atoms with Gasteiger partial charge in [0.2, 0.25) is 0 Å². The van der Waals surface area contributed by atoms with Gasteiger partial charge >= 0.3 is 0 Å². The zero-order chi connectivity index (χ0) is 20.7. The Morgan fingerprint density at radius 1 is 1.21 bits per heavy atom. The second kappa shape index (κ2) is 10.1. The van der Waals surface area contributed by atoms with Gasteiger partial charge in [0.1, 0.15) is 18.2 Å². The lowest BCUT2D eigenvalue weighted by molar-refractivity contribution is -0.124. The first-order valence-electron chi connectivity index (χ1n) is 8.83. The maximum Gasteiger partial charge on any atom is 0.264 e. The van der Waals surface area contributed by atoms with Crippen molar-refractivity contribution in [1.29, 1.82) is 5.26 Å². The van der Waals surface area contributed by atoms with E-state index in [0.717, 1.165) is 9.13 Å². The molecular weight excluding hydrogens is 467 g/mol. The van der Waals surface area contributed by atoms with Crippen LogP contribution in [0, 0.1) is 21.8 Å². The Morgan fingerprint density at radius 2 is 1.89 bits per heavy atom. The highest BCUT2D eigenvalue weighted by Crippen LogP contribution is 2.35. The number of hydrogen-bond acceptors (Lipinski definition) is 4. The van der Waals surface area contributed by atoms with E-state index in [0.29, 0.717) is 30.3 Å². The van der Waals surface area contributed by atoms with Crippen molar-refractivity contribution in [3.05, 3.63) is 62.2 Å². The fourth-order valence-electron chi connectivity index (χ4n) is 2.46. The molecule has 0 radical (unpaired) electrons. The van der Waals surface area contributed by atoms with Crippen LogP contribution in [0.25, 0.3) is 6.08 Å². The molecule has 0 saturated heterocycles. The molecule has 5 nitrogen and oxygen atoms in total. The summed E-state index contributed by atoms with van der Waals surface area (Å²) in [5.41, 5.74) is 3.04. The number of ether oxygens (including phenoxy) is 2. The molecule has 0 fully saturated rings. The van der Waals surface area contributed by atoms with Crippen LogP contribution in [0.1, 0.15) is 23.6 Å². The number of halogens is 1. The van der Waals surface area contributed by atoms with Crippen molar-refractivity contribution in [2.75, 3.05) is 20.7 Å². The summed E-state index contributed by atoms with van der Waals surface area (Å²) in [5, 5.41) is 9.31. The predicted octanol–water partition coefficient (Wildman–Crippen LogP) is 4.57. The predicted molar refractivity (Wildman–Crippen MR) is 118 cm³/mol. The molecule has 0 aliphatic rings. The highest BCUT2D eigenvalue weighted by molar-refractivity contribution is 14.1. The number of likely N-dealkylation sites (N-methyl/N-ethyl adjacent to an activating group) is 1. The van der Waals surface area contributed by atoms with Crippen LogP contribution in [-0.4, -0.2) is 31.5 Å². The number of nitriles is 1. The fraction of sp³-hybridized carbons (Fsp3) is 0.273. The normalized spacial score (nSPS) is 10.9. The Balaban J connectivity index is 2.34. The topological polar surface area (TPSA) is 62.6 Å². The van der Waals surface area contributed by atoms with Crippen LogP contribution in [-0.2, 0) is 11.4 Å². The third kappa shape index (κ3) is 5.73. The van der Waals surface area contributed by atoms with Crippen LogP contribution in [0.5, 0.6) is 11.5 Å². The van der Waals surface area contributed by atoms with Crippen LogP contribution in [0.15, 0.2) is 42.0 Å². The molecule has 6 heteroatoms. The molecule has 0 bridgehead atoms. The van der Waals surface area contributed by atoms with Gasteiger partial charge in [0, 0.05) is 14.1 Å². The largest absolute Gasteiger partial charge is 0.490 e. The molecule has 28 heavy (non-hydrogen) atoms. The molecule has 2 aromatic carbocycles. The summed E-state index contributed by atoms with van der Waals surface area (Å²) in [4.78, 5) is 13.5. The van der Waals surface area contributed by atoms with Gasteiger partial charge < -0.3 is 14.4 Å². The van der Waals surface area contributed by atoms with Crippen molar-refractivity contribution in [3.8, 4) is 17.6 Å². The molecule has 1 amide bonds. The van der Waals surface area contributed by atoms with Crippen molar-refractivity contribution in [1.82, 2.24) is 4.90 Å². The molecule has 2 aromatic rings. The summed E-state index contributed by atoms with van der Waals surface area (Å²) in [5.74, 6) is 0.898. The first-order valence-corrected chi connectivity index (χ1v) is 9.91.